The van der Waals surface area contributed by atoms with Crippen LogP contribution in [0, 0.1) is 5.92 Å². The number of nitrogens with one attached hydrogen (secondary N) is 2. The summed E-state index contributed by atoms with van der Waals surface area (Å²) in [5.74, 6) is -2.00. The summed E-state index contributed by atoms with van der Waals surface area (Å²) in [6, 6.07) is 14.9. The highest BCUT2D eigenvalue weighted by molar-refractivity contribution is 6.04. The van der Waals surface area contributed by atoms with Gasteiger partial charge in [-0.25, -0.2) is 4.79 Å². The SMILES string of the molecule is CC(=O)c1ccccc1NC(=O)[C@@H](C)OC(=O)[C@@H](NC(=O)Cc1ccccc1)C(C)C. The van der Waals surface area contributed by atoms with E-state index in [-0.39, 0.29) is 24.0 Å². The molecule has 0 spiro atoms. The van der Waals surface area contributed by atoms with Crippen LogP contribution in [-0.2, 0) is 25.5 Å². The van der Waals surface area contributed by atoms with Crippen LogP contribution in [0.3, 0.4) is 0 Å². The highest BCUT2D eigenvalue weighted by Crippen LogP contribution is 2.16. The van der Waals surface area contributed by atoms with Crippen molar-refractivity contribution in [1.82, 2.24) is 5.32 Å². The fourth-order valence-corrected chi connectivity index (χ4v) is 2.94. The Bertz CT molecular complexity index is 940. The van der Waals surface area contributed by atoms with Crippen LogP contribution >= 0.6 is 0 Å². The molecule has 0 aliphatic carbocycles. The molecule has 2 atom stereocenters. The molecule has 2 N–H and O–H groups in total. The average molecular weight is 424 g/mol. The first kappa shape index (κ1) is 23.8. The largest absolute Gasteiger partial charge is 0.451 e. The lowest BCUT2D eigenvalue weighted by molar-refractivity contribution is -0.157. The summed E-state index contributed by atoms with van der Waals surface area (Å²) in [4.78, 5) is 49.2. The number of carbonyl (C=O) groups is 4. The van der Waals surface area contributed by atoms with Crippen molar-refractivity contribution in [3.05, 3.63) is 65.7 Å². The molecule has 0 bridgehead atoms. The van der Waals surface area contributed by atoms with Crippen LogP contribution in [0.25, 0.3) is 0 Å². The Balaban J connectivity index is 1.99. The van der Waals surface area contributed by atoms with E-state index in [1.807, 2.05) is 30.3 Å². The zero-order valence-electron chi connectivity index (χ0n) is 18.2. The molecule has 0 saturated heterocycles. The Kier molecular flexibility index (Phi) is 8.49. The predicted molar refractivity (Wildman–Crippen MR) is 118 cm³/mol. The number of anilines is 1. The summed E-state index contributed by atoms with van der Waals surface area (Å²) in [5, 5.41) is 5.31. The monoisotopic (exact) mass is 424 g/mol. The maximum absolute atomic E-state index is 12.6. The standard InChI is InChI=1S/C24H28N2O5/c1-15(2)22(26-21(28)14-18-10-6-5-7-11-18)24(30)31-17(4)23(29)25-20-13-9-8-12-19(20)16(3)27/h5-13,15,17,22H,14H2,1-4H3,(H,25,29)(H,26,28)/t17-,22+/m1/s1. The fourth-order valence-electron chi connectivity index (χ4n) is 2.94. The highest BCUT2D eigenvalue weighted by atomic mass is 16.5. The van der Waals surface area contributed by atoms with Crippen LogP contribution in [0.1, 0.15) is 43.6 Å². The molecule has 0 heterocycles. The van der Waals surface area contributed by atoms with Crippen LogP contribution in [0.5, 0.6) is 0 Å². The summed E-state index contributed by atoms with van der Waals surface area (Å²) in [5.41, 5.74) is 1.54. The second kappa shape index (κ2) is 11.1. The zero-order chi connectivity index (χ0) is 23.0. The van der Waals surface area contributed by atoms with E-state index in [4.69, 9.17) is 4.74 Å². The van der Waals surface area contributed by atoms with Gasteiger partial charge in [-0.3, -0.25) is 14.4 Å². The molecule has 0 saturated carbocycles. The number of ketones is 1. The average Bonchev–Trinajstić information content (AvgIpc) is 2.72. The van der Waals surface area contributed by atoms with Crippen molar-refractivity contribution < 1.29 is 23.9 Å². The summed E-state index contributed by atoms with van der Waals surface area (Å²) < 4.78 is 5.31. The molecule has 2 aromatic rings. The predicted octanol–water partition coefficient (Wildman–Crippen LogP) is 3.14. The van der Waals surface area contributed by atoms with E-state index in [1.54, 1.807) is 38.1 Å². The molecular formula is C24H28N2O5. The number of esters is 1. The quantitative estimate of drug-likeness (QED) is 0.476. The minimum absolute atomic E-state index is 0.134. The van der Waals surface area contributed by atoms with Crippen molar-refractivity contribution in [1.29, 1.82) is 0 Å². The molecule has 0 fully saturated rings. The third kappa shape index (κ3) is 7.06. The Morgan fingerprint density at radius 2 is 1.52 bits per heavy atom. The minimum Gasteiger partial charge on any atom is -0.451 e. The second-order valence-corrected chi connectivity index (χ2v) is 7.62. The van der Waals surface area contributed by atoms with Gasteiger partial charge >= 0.3 is 5.97 Å². The van der Waals surface area contributed by atoms with Gasteiger partial charge in [0.25, 0.3) is 5.91 Å². The van der Waals surface area contributed by atoms with E-state index < -0.39 is 24.0 Å². The molecular weight excluding hydrogens is 396 g/mol. The Hall–Kier alpha value is -3.48. The Labute approximate surface area is 182 Å². The number of hydrogen-bond acceptors (Lipinski definition) is 5. The minimum atomic E-state index is -1.11. The first-order valence-electron chi connectivity index (χ1n) is 10.1. The van der Waals surface area contributed by atoms with E-state index in [1.165, 1.54) is 13.8 Å². The van der Waals surface area contributed by atoms with Gasteiger partial charge in [0.15, 0.2) is 11.9 Å². The van der Waals surface area contributed by atoms with Crippen LogP contribution in [0.4, 0.5) is 5.69 Å². The number of amides is 2. The van der Waals surface area contributed by atoms with Crippen molar-refractivity contribution in [2.45, 2.75) is 46.3 Å². The fraction of sp³-hybridized carbons (Fsp3) is 0.333. The van der Waals surface area contributed by atoms with Gasteiger partial charge < -0.3 is 15.4 Å². The third-order valence-electron chi connectivity index (χ3n) is 4.67. The molecule has 0 aliphatic rings. The van der Waals surface area contributed by atoms with Gasteiger partial charge in [-0.2, -0.15) is 0 Å². The topological polar surface area (TPSA) is 102 Å². The van der Waals surface area contributed by atoms with Gasteiger partial charge in [0.05, 0.1) is 12.1 Å². The molecule has 0 aromatic heterocycles. The second-order valence-electron chi connectivity index (χ2n) is 7.62. The van der Waals surface area contributed by atoms with Crippen molar-refractivity contribution in [2.24, 2.45) is 5.92 Å². The van der Waals surface area contributed by atoms with Crippen molar-refractivity contribution in [2.75, 3.05) is 5.32 Å². The van der Waals surface area contributed by atoms with Crippen molar-refractivity contribution >= 4 is 29.3 Å². The first-order valence-corrected chi connectivity index (χ1v) is 10.1. The number of benzene rings is 2. The zero-order valence-corrected chi connectivity index (χ0v) is 18.2. The molecule has 2 rings (SSSR count). The molecule has 0 unspecified atom stereocenters. The molecule has 31 heavy (non-hydrogen) atoms. The summed E-state index contributed by atoms with van der Waals surface area (Å²) >= 11 is 0. The molecule has 164 valence electrons. The number of hydrogen-bond donors (Lipinski definition) is 2. The van der Waals surface area contributed by atoms with Crippen LogP contribution in [-0.4, -0.2) is 35.7 Å². The molecule has 2 aromatic carbocycles. The van der Waals surface area contributed by atoms with Crippen LogP contribution in [0.2, 0.25) is 0 Å². The lowest BCUT2D eigenvalue weighted by atomic mass is 10.0. The summed E-state index contributed by atoms with van der Waals surface area (Å²) in [6.45, 7) is 6.40. The van der Waals surface area contributed by atoms with Crippen LogP contribution in [0.15, 0.2) is 54.6 Å². The molecule has 7 heteroatoms. The van der Waals surface area contributed by atoms with E-state index in [0.29, 0.717) is 11.3 Å². The number of ether oxygens (including phenoxy) is 1. The smallest absolute Gasteiger partial charge is 0.329 e. The number of carbonyl (C=O) groups excluding carboxylic acids is 4. The highest BCUT2D eigenvalue weighted by Gasteiger charge is 2.29. The van der Waals surface area contributed by atoms with Crippen LogP contribution < -0.4 is 10.6 Å². The molecule has 2 amide bonds. The Morgan fingerprint density at radius 3 is 2.13 bits per heavy atom. The van der Waals surface area contributed by atoms with Crippen molar-refractivity contribution in [3.63, 3.8) is 0 Å². The molecule has 0 aliphatic heterocycles. The van der Waals surface area contributed by atoms with E-state index >= 15 is 0 Å². The number of Topliss-reactive ketones (excluding diaryl/α,β-unsaturated/α-hetero) is 1. The van der Waals surface area contributed by atoms with E-state index in [0.717, 1.165) is 5.56 Å². The maximum Gasteiger partial charge on any atom is 0.329 e. The number of para-hydroxylation sites is 1. The van der Waals surface area contributed by atoms with Gasteiger partial charge in [-0.1, -0.05) is 56.3 Å². The van der Waals surface area contributed by atoms with Gasteiger partial charge in [0.1, 0.15) is 6.04 Å². The summed E-state index contributed by atoms with van der Waals surface area (Å²) in [7, 11) is 0. The summed E-state index contributed by atoms with van der Waals surface area (Å²) in [6.07, 6.45) is -0.977. The van der Waals surface area contributed by atoms with Gasteiger partial charge in [-0.05, 0) is 37.5 Å². The van der Waals surface area contributed by atoms with E-state index in [9.17, 15) is 19.2 Å². The maximum atomic E-state index is 12.6. The van der Waals surface area contributed by atoms with Gasteiger partial charge in [-0.15, -0.1) is 0 Å². The van der Waals surface area contributed by atoms with Gasteiger partial charge in [0, 0.05) is 5.56 Å². The lowest BCUT2D eigenvalue weighted by Gasteiger charge is -2.23. The van der Waals surface area contributed by atoms with E-state index in [2.05, 4.69) is 10.6 Å². The van der Waals surface area contributed by atoms with Crippen molar-refractivity contribution in [3.8, 4) is 0 Å². The third-order valence-corrected chi connectivity index (χ3v) is 4.67. The Morgan fingerprint density at radius 1 is 0.903 bits per heavy atom. The van der Waals surface area contributed by atoms with Gasteiger partial charge in [0.2, 0.25) is 5.91 Å². The normalized spacial score (nSPS) is 12.5. The lowest BCUT2D eigenvalue weighted by Crippen LogP contribution is -2.47. The first-order chi connectivity index (χ1) is 14.7. The molecule has 0 radical (unpaired) electrons. The number of rotatable bonds is 9. The molecule has 7 nitrogen and oxygen atoms in total.